The molecule has 0 saturated heterocycles. The second kappa shape index (κ2) is 5.53. The number of rotatable bonds is 5. The third-order valence-electron chi connectivity index (χ3n) is 2.54. The van der Waals surface area contributed by atoms with E-state index in [0.29, 0.717) is 12.1 Å². The van der Waals surface area contributed by atoms with E-state index < -0.39 is 16.4 Å². The first-order chi connectivity index (χ1) is 9.11. The summed E-state index contributed by atoms with van der Waals surface area (Å²) in [6, 6.07) is 3.98. The van der Waals surface area contributed by atoms with E-state index in [2.05, 4.69) is 10.3 Å². The van der Waals surface area contributed by atoms with E-state index >= 15 is 0 Å². The Morgan fingerprint density at radius 2 is 2.26 bits per heavy atom. The molecule has 19 heavy (non-hydrogen) atoms. The highest BCUT2D eigenvalue weighted by Gasteiger charge is 2.17. The van der Waals surface area contributed by atoms with Crippen LogP contribution in [0.5, 0.6) is 0 Å². The monoisotopic (exact) mass is 266 g/mol. The Labute approximate surface area is 107 Å². The molecule has 0 atom stereocenters. The topological polar surface area (TPSA) is 94.1 Å². The van der Waals surface area contributed by atoms with E-state index in [1.165, 1.54) is 16.8 Å². The summed E-state index contributed by atoms with van der Waals surface area (Å²) in [6.45, 7) is -0.00416. The molecule has 0 radical (unpaired) electrons. The third-order valence-corrected chi connectivity index (χ3v) is 2.54. The summed E-state index contributed by atoms with van der Waals surface area (Å²) in [5.41, 5.74) is 0.177. The second-order valence-corrected chi connectivity index (χ2v) is 3.89. The molecule has 0 unspecified atom stereocenters. The molecule has 1 heterocycles. The SMILES string of the molecule is O=[N+]([O-])c1cccc(Cn2cc(CCO)nn2)c1F. The minimum Gasteiger partial charge on any atom is -0.396 e. The van der Waals surface area contributed by atoms with Crippen LogP contribution in [-0.2, 0) is 13.0 Å². The molecule has 1 aromatic carbocycles. The van der Waals surface area contributed by atoms with Crippen LogP contribution in [0.25, 0.3) is 0 Å². The number of benzene rings is 1. The van der Waals surface area contributed by atoms with Crippen LogP contribution in [0.2, 0.25) is 0 Å². The standard InChI is InChI=1S/C11H11FN4O3/c12-11-8(2-1-3-10(11)16(18)19)6-15-7-9(4-5-17)13-14-15/h1-3,7,17H,4-6H2. The summed E-state index contributed by atoms with van der Waals surface area (Å²) in [4.78, 5) is 9.85. The molecule has 0 bridgehead atoms. The van der Waals surface area contributed by atoms with Gasteiger partial charge in [-0.25, -0.2) is 4.68 Å². The van der Waals surface area contributed by atoms with Crippen LogP contribution in [0.15, 0.2) is 24.4 Å². The van der Waals surface area contributed by atoms with Crippen LogP contribution in [0.3, 0.4) is 0 Å². The highest BCUT2D eigenvalue weighted by Crippen LogP contribution is 2.20. The minimum atomic E-state index is -0.869. The Hall–Kier alpha value is -2.35. The summed E-state index contributed by atoms with van der Waals surface area (Å²) in [7, 11) is 0. The normalized spacial score (nSPS) is 10.6. The largest absolute Gasteiger partial charge is 0.396 e. The van der Waals surface area contributed by atoms with Gasteiger partial charge in [-0.3, -0.25) is 10.1 Å². The highest BCUT2D eigenvalue weighted by molar-refractivity contribution is 5.36. The fourth-order valence-electron chi connectivity index (χ4n) is 1.65. The number of halogens is 1. The first-order valence-electron chi connectivity index (χ1n) is 5.53. The van der Waals surface area contributed by atoms with Gasteiger partial charge in [0.2, 0.25) is 5.82 Å². The molecule has 0 spiro atoms. The van der Waals surface area contributed by atoms with Crippen molar-refractivity contribution in [2.75, 3.05) is 6.61 Å². The zero-order valence-corrected chi connectivity index (χ0v) is 9.86. The molecule has 2 rings (SSSR count). The van der Waals surface area contributed by atoms with Gasteiger partial charge in [0.05, 0.1) is 17.2 Å². The highest BCUT2D eigenvalue weighted by atomic mass is 19.1. The maximum atomic E-state index is 13.8. The lowest BCUT2D eigenvalue weighted by molar-refractivity contribution is -0.387. The smallest absolute Gasteiger partial charge is 0.305 e. The van der Waals surface area contributed by atoms with Crippen LogP contribution in [-0.4, -0.2) is 31.6 Å². The molecule has 0 aliphatic heterocycles. The Kier molecular flexibility index (Phi) is 3.81. The van der Waals surface area contributed by atoms with Crippen LogP contribution >= 0.6 is 0 Å². The molecule has 100 valence electrons. The van der Waals surface area contributed by atoms with Gasteiger partial charge in [-0.05, 0) is 0 Å². The third kappa shape index (κ3) is 2.91. The van der Waals surface area contributed by atoms with Crippen LogP contribution in [0.4, 0.5) is 10.1 Å². The predicted octanol–water partition coefficient (Wildman–Crippen LogP) is 0.908. The number of hydrogen-bond donors (Lipinski definition) is 1. The van der Waals surface area contributed by atoms with Gasteiger partial charge in [0.1, 0.15) is 0 Å². The number of nitrogens with zero attached hydrogens (tertiary/aromatic N) is 4. The number of aromatic nitrogens is 3. The summed E-state index contributed by atoms with van der Waals surface area (Å²) in [6.07, 6.45) is 1.92. The quantitative estimate of drug-likeness (QED) is 0.641. The van der Waals surface area contributed by atoms with E-state index in [1.807, 2.05) is 0 Å². The first kappa shape index (κ1) is 13.1. The van der Waals surface area contributed by atoms with Crippen molar-refractivity contribution in [2.24, 2.45) is 0 Å². The van der Waals surface area contributed by atoms with Crippen molar-refractivity contribution in [3.05, 3.63) is 51.6 Å². The Bertz CT molecular complexity index is 599. The fourth-order valence-corrected chi connectivity index (χ4v) is 1.65. The van der Waals surface area contributed by atoms with Crippen LogP contribution in [0.1, 0.15) is 11.3 Å². The summed E-state index contributed by atoms with van der Waals surface area (Å²) in [5.74, 6) is -0.869. The lowest BCUT2D eigenvalue weighted by Crippen LogP contribution is -2.04. The molecular weight excluding hydrogens is 255 g/mol. The molecular formula is C11H11FN4O3. The molecule has 1 N–H and O–H groups in total. The Morgan fingerprint density at radius 1 is 1.47 bits per heavy atom. The van der Waals surface area contributed by atoms with Gasteiger partial charge < -0.3 is 5.11 Å². The van der Waals surface area contributed by atoms with E-state index in [9.17, 15) is 14.5 Å². The molecule has 8 heteroatoms. The molecule has 0 fully saturated rings. The van der Waals surface area contributed by atoms with E-state index in [1.54, 1.807) is 6.20 Å². The Balaban J connectivity index is 2.23. The second-order valence-electron chi connectivity index (χ2n) is 3.89. The number of nitro groups is 1. The van der Waals surface area contributed by atoms with E-state index in [4.69, 9.17) is 5.11 Å². The molecule has 0 amide bonds. The summed E-state index contributed by atoms with van der Waals surface area (Å²) in [5, 5.41) is 26.9. The van der Waals surface area contributed by atoms with Gasteiger partial charge in [-0.2, -0.15) is 4.39 Å². The minimum absolute atomic E-state index is 0.0476. The summed E-state index contributed by atoms with van der Waals surface area (Å²) < 4.78 is 15.2. The van der Waals surface area contributed by atoms with Crippen LogP contribution in [0, 0.1) is 15.9 Å². The average Bonchev–Trinajstić information content (AvgIpc) is 2.79. The van der Waals surface area contributed by atoms with Gasteiger partial charge in [0.15, 0.2) is 0 Å². The van der Waals surface area contributed by atoms with Crippen molar-refractivity contribution < 1.29 is 14.4 Å². The van der Waals surface area contributed by atoms with Gasteiger partial charge in [-0.1, -0.05) is 17.3 Å². The lowest BCUT2D eigenvalue weighted by Gasteiger charge is -2.03. The van der Waals surface area contributed by atoms with Crippen molar-refractivity contribution in [3.8, 4) is 0 Å². The van der Waals surface area contributed by atoms with Gasteiger partial charge in [0.25, 0.3) is 0 Å². The maximum Gasteiger partial charge on any atom is 0.305 e. The number of aliphatic hydroxyl groups excluding tert-OH is 1. The number of aliphatic hydroxyl groups is 1. The van der Waals surface area contributed by atoms with Crippen molar-refractivity contribution >= 4 is 5.69 Å². The summed E-state index contributed by atoms with van der Waals surface area (Å²) >= 11 is 0. The van der Waals surface area contributed by atoms with E-state index in [0.717, 1.165) is 6.07 Å². The van der Waals surface area contributed by atoms with Gasteiger partial charge in [-0.15, -0.1) is 5.10 Å². The maximum absolute atomic E-state index is 13.8. The molecule has 0 saturated carbocycles. The van der Waals surface area contributed by atoms with Crippen LogP contribution < -0.4 is 0 Å². The molecule has 2 aromatic rings. The molecule has 7 nitrogen and oxygen atoms in total. The van der Waals surface area contributed by atoms with Crippen molar-refractivity contribution in [3.63, 3.8) is 0 Å². The van der Waals surface area contributed by atoms with Crippen molar-refractivity contribution in [2.45, 2.75) is 13.0 Å². The van der Waals surface area contributed by atoms with E-state index in [-0.39, 0.29) is 18.7 Å². The lowest BCUT2D eigenvalue weighted by atomic mass is 10.2. The van der Waals surface area contributed by atoms with Crippen molar-refractivity contribution in [1.82, 2.24) is 15.0 Å². The molecule has 1 aromatic heterocycles. The number of hydrogen-bond acceptors (Lipinski definition) is 5. The molecule has 0 aliphatic carbocycles. The predicted molar refractivity (Wildman–Crippen MR) is 63.0 cm³/mol. The zero-order valence-electron chi connectivity index (χ0n) is 9.86. The van der Waals surface area contributed by atoms with Gasteiger partial charge >= 0.3 is 5.69 Å². The van der Waals surface area contributed by atoms with Crippen molar-refractivity contribution in [1.29, 1.82) is 0 Å². The average molecular weight is 266 g/mol. The molecule has 0 aliphatic rings. The Morgan fingerprint density at radius 3 is 2.95 bits per heavy atom. The first-order valence-corrected chi connectivity index (χ1v) is 5.53. The fraction of sp³-hybridized carbons (Fsp3) is 0.273. The van der Waals surface area contributed by atoms with Gasteiger partial charge in [0, 0.05) is 30.9 Å². The zero-order chi connectivity index (χ0) is 13.8. The number of nitro benzene ring substituents is 1.